The van der Waals surface area contributed by atoms with Crippen LogP contribution in [0.3, 0.4) is 0 Å². The van der Waals surface area contributed by atoms with Crippen molar-refractivity contribution in [3.05, 3.63) is 34.6 Å². The van der Waals surface area contributed by atoms with Gasteiger partial charge in [-0.05, 0) is 19.1 Å². The smallest absolute Gasteiger partial charge is 0.130 e. The molecule has 4 heteroatoms. The first kappa shape index (κ1) is 10.4. The SMILES string of the molecule is CC(O)[C@@H](O)c1c(F)cccc1Cl. The fourth-order valence-electron chi connectivity index (χ4n) is 1.03. The molecule has 0 bridgehead atoms. The van der Waals surface area contributed by atoms with Gasteiger partial charge in [0.15, 0.2) is 0 Å². The van der Waals surface area contributed by atoms with Gasteiger partial charge in [-0.15, -0.1) is 0 Å². The molecular weight excluding hydrogens is 195 g/mol. The molecule has 2 N–H and O–H groups in total. The van der Waals surface area contributed by atoms with Gasteiger partial charge >= 0.3 is 0 Å². The second kappa shape index (κ2) is 4.05. The summed E-state index contributed by atoms with van der Waals surface area (Å²) in [5.74, 6) is -0.610. The van der Waals surface area contributed by atoms with Crippen LogP contribution >= 0.6 is 11.6 Å². The van der Waals surface area contributed by atoms with Crippen LogP contribution in [0.15, 0.2) is 18.2 Å². The van der Waals surface area contributed by atoms with Crippen LogP contribution in [0.1, 0.15) is 18.6 Å². The van der Waals surface area contributed by atoms with E-state index < -0.39 is 18.0 Å². The molecule has 72 valence electrons. The van der Waals surface area contributed by atoms with Crippen LogP contribution in [0.5, 0.6) is 0 Å². The van der Waals surface area contributed by atoms with Gasteiger partial charge in [-0.25, -0.2) is 4.39 Å². The van der Waals surface area contributed by atoms with E-state index in [1.54, 1.807) is 0 Å². The number of halogens is 2. The molecule has 0 saturated heterocycles. The van der Waals surface area contributed by atoms with Gasteiger partial charge in [0.2, 0.25) is 0 Å². The van der Waals surface area contributed by atoms with E-state index in [1.807, 2.05) is 0 Å². The molecule has 0 aliphatic carbocycles. The van der Waals surface area contributed by atoms with Crippen LogP contribution in [0.25, 0.3) is 0 Å². The zero-order chi connectivity index (χ0) is 10.0. The van der Waals surface area contributed by atoms with E-state index in [1.165, 1.54) is 25.1 Å². The van der Waals surface area contributed by atoms with Crippen LogP contribution in [0.2, 0.25) is 5.02 Å². The highest BCUT2D eigenvalue weighted by atomic mass is 35.5. The third-order valence-corrected chi connectivity index (χ3v) is 2.08. The zero-order valence-corrected chi connectivity index (χ0v) is 7.79. The summed E-state index contributed by atoms with van der Waals surface area (Å²) in [6.07, 6.45) is -2.33. The Labute approximate surface area is 80.6 Å². The molecule has 0 fully saturated rings. The average Bonchev–Trinajstić information content (AvgIpc) is 2.03. The summed E-state index contributed by atoms with van der Waals surface area (Å²) in [4.78, 5) is 0. The van der Waals surface area contributed by atoms with Gasteiger partial charge in [0.25, 0.3) is 0 Å². The molecule has 0 radical (unpaired) electrons. The second-order valence-electron chi connectivity index (χ2n) is 2.82. The minimum atomic E-state index is -1.28. The fourth-order valence-corrected chi connectivity index (χ4v) is 1.31. The minimum absolute atomic E-state index is 0.0563. The summed E-state index contributed by atoms with van der Waals surface area (Å²) >= 11 is 5.66. The molecule has 0 saturated carbocycles. The predicted octanol–water partition coefficient (Wildman–Crippen LogP) is 1.89. The summed E-state index contributed by atoms with van der Waals surface area (Å²) in [7, 11) is 0. The Bertz CT molecular complexity index is 281. The molecular formula is C9H10ClFO2. The van der Waals surface area contributed by atoms with Crippen molar-refractivity contribution in [3.63, 3.8) is 0 Å². The van der Waals surface area contributed by atoms with Crippen molar-refractivity contribution in [2.75, 3.05) is 0 Å². The molecule has 1 aromatic rings. The lowest BCUT2D eigenvalue weighted by Crippen LogP contribution is -2.15. The van der Waals surface area contributed by atoms with Gasteiger partial charge in [-0.2, -0.15) is 0 Å². The molecule has 0 aliphatic heterocycles. The van der Waals surface area contributed by atoms with Crippen LogP contribution < -0.4 is 0 Å². The molecule has 1 rings (SSSR count). The Hall–Kier alpha value is -0.640. The van der Waals surface area contributed by atoms with Crippen molar-refractivity contribution in [1.29, 1.82) is 0 Å². The lowest BCUT2D eigenvalue weighted by atomic mass is 10.1. The van der Waals surface area contributed by atoms with Crippen molar-refractivity contribution in [1.82, 2.24) is 0 Å². The number of aliphatic hydroxyl groups excluding tert-OH is 2. The molecule has 0 aromatic heterocycles. The highest BCUT2D eigenvalue weighted by Crippen LogP contribution is 2.27. The van der Waals surface area contributed by atoms with Gasteiger partial charge in [0.05, 0.1) is 6.10 Å². The first-order valence-electron chi connectivity index (χ1n) is 3.84. The maximum atomic E-state index is 13.1. The predicted molar refractivity (Wildman–Crippen MR) is 48.1 cm³/mol. The molecule has 0 spiro atoms. The highest BCUT2D eigenvalue weighted by molar-refractivity contribution is 6.31. The lowest BCUT2D eigenvalue weighted by molar-refractivity contribution is 0.0284. The Balaban J connectivity index is 3.12. The van der Waals surface area contributed by atoms with Crippen molar-refractivity contribution in [3.8, 4) is 0 Å². The Morgan fingerprint density at radius 1 is 1.38 bits per heavy atom. The van der Waals surface area contributed by atoms with Gasteiger partial charge in [-0.3, -0.25) is 0 Å². The van der Waals surface area contributed by atoms with E-state index in [-0.39, 0.29) is 10.6 Å². The molecule has 1 aromatic carbocycles. The molecule has 0 heterocycles. The second-order valence-corrected chi connectivity index (χ2v) is 3.23. The number of benzene rings is 1. The normalized spacial score (nSPS) is 15.5. The first-order chi connectivity index (χ1) is 6.04. The van der Waals surface area contributed by atoms with E-state index in [2.05, 4.69) is 0 Å². The third kappa shape index (κ3) is 2.18. The minimum Gasteiger partial charge on any atom is -0.390 e. The summed E-state index contributed by atoms with van der Waals surface area (Å²) in [5, 5.41) is 18.6. The number of rotatable bonds is 2. The van der Waals surface area contributed by atoms with Crippen molar-refractivity contribution < 1.29 is 14.6 Å². The third-order valence-electron chi connectivity index (χ3n) is 1.75. The standard InChI is InChI=1S/C9H10ClFO2/c1-5(12)9(13)8-6(10)3-2-4-7(8)11/h2-5,9,12-13H,1H3/t5?,9-/m1/s1. The molecule has 13 heavy (non-hydrogen) atoms. The van der Waals surface area contributed by atoms with E-state index in [4.69, 9.17) is 16.7 Å². The molecule has 2 nitrogen and oxygen atoms in total. The van der Waals surface area contributed by atoms with E-state index in [9.17, 15) is 9.50 Å². The molecule has 0 amide bonds. The van der Waals surface area contributed by atoms with Crippen molar-refractivity contribution in [2.24, 2.45) is 0 Å². The topological polar surface area (TPSA) is 40.5 Å². The van der Waals surface area contributed by atoms with Crippen LogP contribution in [-0.4, -0.2) is 16.3 Å². The molecule has 0 aliphatic rings. The Morgan fingerprint density at radius 2 is 2.00 bits per heavy atom. The van der Waals surface area contributed by atoms with Crippen molar-refractivity contribution in [2.45, 2.75) is 19.1 Å². The molecule has 2 atom stereocenters. The fraction of sp³-hybridized carbons (Fsp3) is 0.333. The Kier molecular flexibility index (Phi) is 3.25. The summed E-state index contributed by atoms with van der Waals surface area (Å²) < 4.78 is 13.1. The monoisotopic (exact) mass is 204 g/mol. The zero-order valence-electron chi connectivity index (χ0n) is 7.04. The summed E-state index contributed by atoms with van der Waals surface area (Å²) in [6, 6.07) is 4.09. The van der Waals surface area contributed by atoms with Crippen LogP contribution in [-0.2, 0) is 0 Å². The summed E-state index contributed by atoms with van der Waals surface area (Å²) in [5.41, 5.74) is -0.0563. The van der Waals surface area contributed by atoms with Crippen LogP contribution in [0.4, 0.5) is 4.39 Å². The largest absolute Gasteiger partial charge is 0.390 e. The van der Waals surface area contributed by atoms with E-state index in [0.717, 1.165) is 0 Å². The van der Waals surface area contributed by atoms with Crippen LogP contribution in [0, 0.1) is 5.82 Å². The first-order valence-corrected chi connectivity index (χ1v) is 4.22. The number of hydrogen-bond acceptors (Lipinski definition) is 2. The maximum Gasteiger partial charge on any atom is 0.130 e. The number of aliphatic hydroxyl groups is 2. The van der Waals surface area contributed by atoms with Gasteiger partial charge in [-0.1, -0.05) is 17.7 Å². The maximum absolute atomic E-state index is 13.1. The van der Waals surface area contributed by atoms with Gasteiger partial charge in [0, 0.05) is 10.6 Å². The van der Waals surface area contributed by atoms with Gasteiger partial charge < -0.3 is 10.2 Å². The quantitative estimate of drug-likeness (QED) is 0.773. The lowest BCUT2D eigenvalue weighted by Gasteiger charge is -2.15. The highest BCUT2D eigenvalue weighted by Gasteiger charge is 2.20. The van der Waals surface area contributed by atoms with E-state index in [0.29, 0.717) is 0 Å². The van der Waals surface area contributed by atoms with Gasteiger partial charge in [0.1, 0.15) is 11.9 Å². The van der Waals surface area contributed by atoms with Crippen molar-refractivity contribution >= 4 is 11.6 Å². The summed E-state index contributed by atoms with van der Waals surface area (Å²) in [6.45, 7) is 1.37. The number of hydrogen-bond donors (Lipinski definition) is 2. The molecule has 1 unspecified atom stereocenters. The Morgan fingerprint density at radius 3 is 2.46 bits per heavy atom. The van der Waals surface area contributed by atoms with E-state index >= 15 is 0 Å². The average molecular weight is 205 g/mol.